The first-order chi connectivity index (χ1) is 15.4. The van der Waals surface area contributed by atoms with E-state index in [9.17, 15) is 8.42 Å². The van der Waals surface area contributed by atoms with Crippen molar-refractivity contribution in [1.29, 1.82) is 0 Å². The number of piperazine rings is 1. The average Bonchev–Trinajstić information content (AvgIpc) is 3.31. The molecule has 1 aromatic heterocycles. The van der Waals surface area contributed by atoms with Crippen molar-refractivity contribution in [3.8, 4) is 0 Å². The predicted molar refractivity (Wildman–Crippen MR) is 131 cm³/mol. The minimum Gasteiger partial charge on any atom is -0.369 e. The van der Waals surface area contributed by atoms with Gasteiger partial charge in [0.25, 0.3) is 0 Å². The summed E-state index contributed by atoms with van der Waals surface area (Å²) < 4.78 is 27.7. The van der Waals surface area contributed by atoms with Crippen LogP contribution in [0.5, 0.6) is 0 Å². The van der Waals surface area contributed by atoms with Crippen LogP contribution in [0, 0.1) is 0 Å². The predicted octanol–water partition coefficient (Wildman–Crippen LogP) is 4.23. The van der Waals surface area contributed by atoms with E-state index in [1.807, 2.05) is 22.9 Å². The molecule has 8 heteroatoms. The molecule has 0 radical (unpaired) electrons. The van der Waals surface area contributed by atoms with Crippen LogP contribution in [0.15, 0.2) is 61.2 Å². The molecule has 0 amide bonds. The van der Waals surface area contributed by atoms with Gasteiger partial charge in [-0.2, -0.15) is 4.31 Å². The van der Waals surface area contributed by atoms with E-state index in [-0.39, 0.29) is 5.75 Å². The van der Waals surface area contributed by atoms with Crippen molar-refractivity contribution < 1.29 is 8.42 Å². The van der Waals surface area contributed by atoms with Gasteiger partial charge in [0.2, 0.25) is 10.0 Å². The summed E-state index contributed by atoms with van der Waals surface area (Å²) in [6, 6.07) is 14.4. The molecule has 0 bridgehead atoms. The molecule has 0 spiro atoms. The van der Waals surface area contributed by atoms with Crippen LogP contribution in [0.2, 0.25) is 5.02 Å². The SMILES string of the molecule is CCS(=O)(=O)N1CCN(c2ccc(C=Cc3cc(Cl)cc(Cn4ccnc4)c3)cc2)CC1. The first-order valence-corrected chi connectivity index (χ1v) is 12.7. The lowest BCUT2D eigenvalue weighted by Gasteiger charge is -2.35. The third-order valence-electron chi connectivity index (χ3n) is 5.63. The summed E-state index contributed by atoms with van der Waals surface area (Å²) >= 11 is 6.32. The van der Waals surface area contributed by atoms with Crippen molar-refractivity contribution in [3.05, 3.63) is 82.9 Å². The minimum atomic E-state index is -3.10. The highest BCUT2D eigenvalue weighted by Crippen LogP contribution is 2.21. The van der Waals surface area contributed by atoms with E-state index >= 15 is 0 Å². The fraction of sp³-hybridized carbons (Fsp3) is 0.292. The number of nitrogens with zero attached hydrogens (tertiary/aromatic N) is 4. The second-order valence-electron chi connectivity index (χ2n) is 7.84. The van der Waals surface area contributed by atoms with Gasteiger partial charge < -0.3 is 9.47 Å². The Balaban J connectivity index is 1.39. The Morgan fingerprint density at radius 3 is 2.38 bits per heavy atom. The second kappa shape index (κ2) is 9.90. The molecule has 32 heavy (non-hydrogen) atoms. The largest absolute Gasteiger partial charge is 0.369 e. The zero-order chi connectivity index (χ0) is 22.6. The summed E-state index contributed by atoms with van der Waals surface area (Å²) in [5, 5.41) is 0.710. The topological polar surface area (TPSA) is 58.4 Å². The third kappa shape index (κ3) is 5.59. The summed E-state index contributed by atoms with van der Waals surface area (Å²) in [4.78, 5) is 6.31. The van der Waals surface area contributed by atoms with Gasteiger partial charge in [-0.25, -0.2) is 13.4 Å². The maximum atomic E-state index is 12.0. The molecule has 168 valence electrons. The van der Waals surface area contributed by atoms with Crippen LogP contribution in [0.25, 0.3) is 12.2 Å². The highest BCUT2D eigenvalue weighted by Gasteiger charge is 2.25. The number of anilines is 1. The van der Waals surface area contributed by atoms with Crippen molar-refractivity contribution in [2.24, 2.45) is 0 Å². The molecule has 3 aromatic rings. The Bertz CT molecular complexity index is 1170. The quantitative estimate of drug-likeness (QED) is 0.485. The first kappa shape index (κ1) is 22.6. The Hall–Kier alpha value is -2.61. The molecule has 4 rings (SSSR count). The molecule has 0 atom stereocenters. The van der Waals surface area contributed by atoms with Gasteiger partial charge in [0.15, 0.2) is 0 Å². The molecule has 0 unspecified atom stereocenters. The molecule has 1 fully saturated rings. The van der Waals surface area contributed by atoms with Crippen LogP contribution in [0.3, 0.4) is 0 Å². The van der Waals surface area contributed by atoms with Gasteiger partial charge in [-0.15, -0.1) is 0 Å². The molecule has 1 aliphatic heterocycles. The Morgan fingerprint density at radius 2 is 1.72 bits per heavy atom. The zero-order valence-electron chi connectivity index (χ0n) is 18.1. The van der Waals surface area contributed by atoms with E-state index in [4.69, 9.17) is 11.6 Å². The Kier molecular flexibility index (Phi) is 6.98. The summed E-state index contributed by atoms with van der Waals surface area (Å²) in [6.07, 6.45) is 9.62. The maximum absolute atomic E-state index is 12.0. The van der Waals surface area contributed by atoms with Gasteiger partial charge in [-0.3, -0.25) is 0 Å². The first-order valence-electron chi connectivity index (χ1n) is 10.7. The summed E-state index contributed by atoms with van der Waals surface area (Å²) in [5.74, 6) is 0.158. The highest BCUT2D eigenvalue weighted by molar-refractivity contribution is 7.89. The standard InChI is InChI=1S/C24H27ClN4O2S/c1-2-32(30,31)29-13-11-28(12-14-29)24-7-5-20(6-8-24)3-4-21-15-22(17-23(25)16-21)18-27-10-9-26-19-27/h3-10,15-17,19H,2,11-14,18H2,1H3. The lowest BCUT2D eigenvalue weighted by molar-refractivity contribution is 0.385. The number of sulfonamides is 1. The van der Waals surface area contributed by atoms with Crippen LogP contribution in [-0.4, -0.2) is 54.2 Å². The van der Waals surface area contributed by atoms with Crippen molar-refractivity contribution in [2.75, 3.05) is 36.8 Å². The van der Waals surface area contributed by atoms with E-state index in [2.05, 4.69) is 52.4 Å². The number of hydrogen-bond donors (Lipinski definition) is 0. The molecule has 1 aliphatic rings. The monoisotopic (exact) mass is 470 g/mol. The van der Waals surface area contributed by atoms with Crippen molar-refractivity contribution in [3.63, 3.8) is 0 Å². The zero-order valence-corrected chi connectivity index (χ0v) is 19.6. The van der Waals surface area contributed by atoms with Gasteiger partial charge in [0.05, 0.1) is 12.1 Å². The smallest absolute Gasteiger partial charge is 0.213 e. The number of aromatic nitrogens is 2. The van der Waals surface area contributed by atoms with Crippen molar-refractivity contribution >= 4 is 39.5 Å². The van der Waals surface area contributed by atoms with Gasteiger partial charge in [0.1, 0.15) is 0 Å². The molecule has 2 heterocycles. The van der Waals surface area contributed by atoms with Crippen LogP contribution >= 0.6 is 11.6 Å². The summed E-state index contributed by atoms with van der Waals surface area (Å²) in [7, 11) is -3.10. The summed E-state index contributed by atoms with van der Waals surface area (Å²) in [5.41, 5.74) is 4.37. The van der Waals surface area contributed by atoms with Gasteiger partial charge in [-0.05, 0) is 53.9 Å². The number of imidazole rings is 1. The minimum absolute atomic E-state index is 0.158. The van der Waals surface area contributed by atoms with E-state index in [1.165, 1.54) is 0 Å². The van der Waals surface area contributed by atoms with Crippen LogP contribution in [0.1, 0.15) is 23.6 Å². The lowest BCUT2D eigenvalue weighted by atomic mass is 10.1. The summed E-state index contributed by atoms with van der Waals surface area (Å²) in [6.45, 7) is 4.90. The average molecular weight is 471 g/mol. The van der Waals surface area contributed by atoms with Crippen LogP contribution < -0.4 is 4.90 Å². The Morgan fingerprint density at radius 1 is 1.00 bits per heavy atom. The fourth-order valence-corrected chi connectivity index (χ4v) is 5.20. The van der Waals surface area contributed by atoms with Gasteiger partial charge in [-0.1, -0.05) is 35.9 Å². The lowest BCUT2D eigenvalue weighted by Crippen LogP contribution is -2.49. The number of rotatable bonds is 7. The third-order valence-corrected chi connectivity index (χ3v) is 7.73. The highest BCUT2D eigenvalue weighted by atomic mass is 35.5. The molecule has 0 aliphatic carbocycles. The van der Waals surface area contributed by atoms with E-state index < -0.39 is 10.0 Å². The van der Waals surface area contributed by atoms with Crippen molar-refractivity contribution in [1.82, 2.24) is 13.9 Å². The molecule has 1 saturated heterocycles. The number of benzene rings is 2. The second-order valence-corrected chi connectivity index (χ2v) is 10.5. The van der Waals surface area contributed by atoms with E-state index in [0.29, 0.717) is 31.2 Å². The van der Waals surface area contributed by atoms with E-state index in [0.717, 1.165) is 28.9 Å². The fourth-order valence-electron chi connectivity index (χ4n) is 3.85. The molecule has 0 N–H and O–H groups in total. The van der Waals surface area contributed by atoms with Crippen LogP contribution in [-0.2, 0) is 16.6 Å². The molecular formula is C24H27ClN4O2S. The van der Waals surface area contributed by atoms with Crippen LogP contribution in [0.4, 0.5) is 5.69 Å². The van der Waals surface area contributed by atoms with Gasteiger partial charge in [0, 0.05) is 55.8 Å². The Labute approximate surface area is 194 Å². The molecular weight excluding hydrogens is 444 g/mol. The molecule has 2 aromatic carbocycles. The molecule has 0 saturated carbocycles. The van der Waals surface area contributed by atoms with E-state index in [1.54, 1.807) is 23.8 Å². The van der Waals surface area contributed by atoms with Gasteiger partial charge >= 0.3 is 0 Å². The number of hydrogen-bond acceptors (Lipinski definition) is 4. The maximum Gasteiger partial charge on any atom is 0.213 e. The van der Waals surface area contributed by atoms with Crippen molar-refractivity contribution in [2.45, 2.75) is 13.5 Å². The normalized spacial score (nSPS) is 15.5. The molecule has 6 nitrogen and oxygen atoms in total. The number of halogens is 1.